The Labute approximate surface area is 116 Å². The molecule has 1 saturated heterocycles. The van der Waals surface area contributed by atoms with Gasteiger partial charge in [0, 0.05) is 35.7 Å². The molecule has 1 aliphatic heterocycles. The summed E-state index contributed by atoms with van der Waals surface area (Å²) in [6.45, 7) is 3.09. The molecule has 8 heteroatoms. The number of anilines is 1. The molecule has 18 heavy (non-hydrogen) atoms. The third-order valence-corrected chi connectivity index (χ3v) is 6.75. The fraction of sp³-hybridized carbons (Fsp3) is 0.700. The first-order valence-corrected chi connectivity index (χ1v) is 9.55. The van der Waals surface area contributed by atoms with Gasteiger partial charge in [-0.3, -0.25) is 0 Å². The molecular weight excluding hydrogens is 290 g/mol. The normalized spacial score (nSPS) is 21.3. The maximum atomic E-state index is 11.8. The summed E-state index contributed by atoms with van der Waals surface area (Å²) in [6.07, 6.45) is 1.29. The van der Waals surface area contributed by atoms with Crippen molar-refractivity contribution >= 4 is 38.1 Å². The van der Waals surface area contributed by atoms with E-state index in [4.69, 9.17) is 5.73 Å². The van der Waals surface area contributed by atoms with Gasteiger partial charge in [-0.1, -0.05) is 0 Å². The van der Waals surface area contributed by atoms with Crippen LogP contribution in [0.2, 0.25) is 0 Å². The van der Waals surface area contributed by atoms with Crippen molar-refractivity contribution in [3.05, 3.63) is 10.6 Å². The molecule has 0 aliphatic carbocycles. The summed E-state index contributed by atoms with van der Waals surface area (Å²) in [7, 11) is -3.09. The molecule has 0 radical (unpaired) electrons. The minimum Gasteiger partial charge on any atom is -0.329 e. The maximum Gasteiger partial charge on any atom is 0.186 e. The Morgan fingerprint density at radius 2 is 2.28 bits per heavy atom. The van der Waals surface area contributed by atoms with Crippen molar-refractivity contribution in [1.82, 2.24) is 4.98 Å². The second kappa shape index (κ2) is 5.36. The molecule has 1 atom stereocenters. The Balaban J connectivity index is 2.34. The molecular formula is C10H17N3O2S3. The van der Waals surface area contributed by atoms with Crippen LogP contribution >= 0.6 is 23.1 Å². The highest BCUT2D eigenvalue weighted by Crippen LogP contribution is 2.31. The van der Waals surface area contributed by atoms with Crippen LogP contribution in [0.1, 0.15) is 10.6 Å². The molecule has 1 fully saturated rings. The highest BCUT2D eigenvalue weighted by Gasteiger charge is 2.32. The zero-order valence-electron chi connectivity index (χ0n) is 10.4. The summed E-state index contributed by atoms with van der Waals surface area (Å²) in [6, 6.07) is 0. The minimum absolute atomic E-state index is 0.454. The van der Waals surface area contributed by atoms with E-state index in [0.29, 0.717) is 12.3 Å². The van der Waals surface area contributed by atoms with Gasteiger partial charge < -0.3 is 10.6 Å². The Kier molecular flexibility index (Phi) is 4.20. The van der Waals surface area contributed by atoms with Crippen LogP contribution in [0.5, 0.6) is 0 Å². The van der Waals surface area contributed by atoms with E-state index in [0.717, 1.165) is 28.0 Å². The molecule has 0 amide bonds. The van der Waals surface area contributed by atoms with Gasteiger partial charge in [0.2, 0.25) is 0 Å². The Bertz CT molecular complexity index is 526. The van der Waals surface area contributed by atoms with Crippen LogP contribution in [0.25, 0.3) is 0 Å². The number of thiazole rings is 1. The van der Waals surface area contributed by atoms with Gasteiger partial charge in [-0.25, -0.2) is 13.4 Å². The SMILES string of the molecule is Cc1nc(N2CCSCC2S(C)(=O)=O)sc1CN. The fourth-order valence-corrected chi connectivity index (χ4v) is 5.78. The molecule has 5 nitrogen and oxygen atoms in total. The smallest absolute Gasteiger partial charge is 0.186 e. The van der Waals surface area contributed by atoms with E-state index in [2.05, 4.69) is 4.98 Å². The van der Waals surface area contributed by atoms with Gasteiger partial charge in [-0.15, -0.1) is 11.3 Å². The van der Waals surface area contributed by atoms with E-state index in [-0.39, 0.29) is 0 Å². The first-order chi connectivity index (χ1) is 8.43. The highest BCUT2D eigenvalue weighted by molar-refractivity contribution is 8.01. The van der Waals surface area contributed by atoms with Gasteiger partial charge in [0.25, 0.3) is 0 Å². The lowest BCUT2D eigenvalue weighted by molar-refractivity contribution is 0.584. The second-order valence-electron chi connectivity index (χ2n) is 4.26. The summed E-state index contributed by atoms with van der Waals surface area (Å²) >= 11 is 3.18. The van der Waals surface area contributed by atoms with Crippen LogP contribution in [0.3, 0.4) is 0 Å². The number of hydrogen-bond acceptors (Lipinski definition) is 7. The lowest BCUT2D eigenvalue weighted by Gasteiger charge is -2.33. The second-order valence-corrected chi connectivity index (χ2v) is 8.68. The molecule has 2 heterocycles. The molecule has 1 aromatic rings. The van der Waals surface area contributed by atoms with E-state index >= 15 is 0 Å². The van der Waals surface area contributed by atoms with Crippen molar-refractivity contribution in [2.75, 3.05) is 29.2 Å². The Morgan fingerprint density at radius 3 is 2.83 bits per heavy atom. The summed E-state index contributed by atoms with van der Waals surface area (Å²) in [5, 5.41) is 0.316. The number of aryl methyl sites for hydroxylation is 1. The van der Waals surface area contributed by atoms with Crippen LogP contribution < -0.4 is 10.6 Å². The van der Waals surface area contributed by atoms with Crippen molar-refractivity contribution in [2.24, 2.45) is 5.73 Å². The average molecular weight is 307 g/mol. The molecule has 0 saturated carbocycles. The lowest BCUT2D eigenvalue weighted by Crippen LogP contribution is -2.47. The summed E-state index contributed by atoms with van der Waals surface area (Å²) in [5.41, 5.74) is 6.55. The zero-order chi connectivity index (χ0) is 13.3. The van der Waals surface area contributed by atoms with Gasteiger partial charge in [0.15, 0.2) is 15.0 Å². The number of aromatic nitrogens is 1. The van der Waals surface area contributed by atoms with Gasteiger partial charge in [-0.2, -0.15) is 11.8 Å². The lowest BCUT2D eigenvalue weighted by atomic mass is 10.4. The van der Waals surface area contributed by atoms with Gasteiger partial charge in [0.1, 0.15) is 5.37 Å². The number of nitrogens with two attached hydrogens (primary N) is 1. The van der Waals surface area contributed by atoms with E-state index < -0.39 is 15.2 Å². The molecule has 1 aromatic heterocycles. The van der Waals surface area contributed by atoms with E-state index in [1.165, 1.54) is 17.6 Å². The first kappa shape index (κ1) is 14.1. The van der Waals surface area contributed by atoms with Crippen molar-refractivity contribution in [2.45, 2.75) is 18.8 Å². The molecule has 1 unspecified atom stereocenters. The maximum absolute atomic E-state index is 11.8. The van der Waals surface area contributed by atoms with Gasteiger partial charge in [0.05, 0.1) is 5.69 Å². The average Bonchev–Trinajstić information content (AvgIpc) is 2.69. The quantitative estimate of drug-likeness (QED) is 0.891. The van der Waals surface area contributed by atoms with Crippen molar-refractivity contribution in [3.63, 3.8) is 0 Å². The largest absolute Gasteiger partial charge is 0.329 e. The van der Waals surface area contributed by atoms with Gasteiger partial charge in [-0.05, 0) is 6.92 Å². The number of sulfone groups is 1. The summed E-state index contributed by atoms with van der Waals surface area (Å²) in [4.78, 5) is 7.39. The number of thioether (sulfide) groups is 1. The third kappa shape index (κ3) is 2.81. The molecule has 2 rings (SSSR count). The third-order valence-electron chi connectivity index (χ3n) is 2.89. The standard InChI is InChI=1S/C10H17N3O2S3/c1-7-8(5-11)17-10(12-7)13-3-4-16-6-9(13)18(2,14)15/h9H,3-6,11H2,1-2H3. The number of nitrogens with zero attached hydrogens (tertiary/aromatic N) is 2. The van der Waals surface area contributed by atoms with Crippen LogP contribution in [-0.2, 0) is 16.4 Å². The van der Waals surface area contributed by atoms with Crippen molar-refractivity contribution in [3.8, 4) is 0 Å². The van der Waals surface area contributed by atoms with Crippen LogP contribution in [-0.4, -0.2) is 43.1 Å². The van der Waals surface area contributed by atoms with Crippen LogP contribution in [0.4, 0.5) is 5.13 Å². The molecule has 0 bridgehead atoms. The Hall–Kier alpha value is -0.310. The predicted octanol–water partition coefficient (Wildman–Crippen LogP) is 0.834. The topological polar surface area (TPSA) is 76.3 Å². The molecule has 102 valence electrons. The number of rotatable bonds is 3. The zero-order valence-corrected chi connectivity index (χ0v) is 12.9. The van der Waals surface area contributed by atoms with E-state index in [9.17, 15) is 8.42 Å². The fourth-order valence-electron chi connectivity index (χ4n) is 1.88. The number of hydrogen-bond donors (Lipinski definition) is 1. The van der Waals surface area contributed by atoms with Crippen LogP contribution in [0, 0.1) is 6.92 Å². The van der Waals surface area contributed by atoms with E-state index in [1.54, 1.807) is 11.8 Å². The van der Waals surface area contributed by atoms with Crippen molar-refractivity contribution < 1.29 is 8.42 Å². The monoisotopic (exact) mass is 307 g/mol. The molecule has 0 spiro atoms. The van der Waals surface area contributed by atoms with Crippen molar-refractivity contribution in [1.29, 1.82) is 0 Å². The van der Waals surface area contributed by atoms with Gasteiger partial charge >= 0.3 is 0 Å². The molecule has 0 aromatic carbocycles. The molecule has 1 aliphatic rings. The Morgan fingerprint density at radius 1 is 1.56 bits per heavy atom. The predicted molar refractivity (Wildman–Crippen MR) is 78.0 cm³/mol. The van der Waals surface area contributed by atoms with Crippen LogP contribution in [0.15, 0.2) is 0 Å². The van der Waals surface area contributed by atoms with E-state index in [1.807, 2.05) is 11.8 Å². The summed E-state index contributed by atoms with van der Waals surface area (Å²) < 4.78 is 23.7. The highest BCUT2D eigenvalue weighted by atomic mass is 32.2. The minimum atomic E-state index is -3.09. The molecule has 2 N–H and O–H groups in total. The first-order valence-electron chi connectivity index (χ1n) is 5.63. The summed E-state index contributed by atoms with van der Waals surface area (Å²) in [5.74, 6) is 1.54.